The third-order valence-electron chi connectivity index (χ3n) is 5.25. The number of nitrogens with one attached hydrogen (secondary N) is 1. The van der Waals surface area contributed by atoms with Crippen LogP contribution in [0.15, 0.2) is 42.5 Å². The van der Waals surface area contributed by atoms with Gasteiger partial charge in [0.2, 0.25) is 5.91 Å². The highest BCUT2D eigenvalue weighted by Crippen LogP contribution is 2.34. The highest BCUT2D eigenvalue weighted by atomic mass is 16.5. The van der Waals surface area contributed by atoms with Crippen LogP contribution in [0.2, 0.25) is 0 Å². The lowest BCUT2D eigenvalue weighted by Gasteiger charge is -2.31. The lowest BCUT2D eigenvalue weighted by Crippen LogP contribution is -2.38. The van der Waals surface area contributed by atoms with E-state index in [2.05, 4.69) is 22.3 Å². The van der Waals surface area contributed by atoms with Crippen LogP contribution in [-0.2, 0) is 11.3 Å². The molecular weight excluding hydrogens is 370 g/mol. The number of nitrogens with two attached hydrogens (primary N) is 1. The topological polar surface area (TPSA) is 93.9 Å². The number of hydrogen-bond acceptors (Lipinski definition) is 5. The minimum atomic E-state index is -0.640. The van der Waals surface area contributed by atoms with Gasteiger partial charge in [0.15, 0.2) is 11.5 Å². The van der Waals surface area contributed by atoms with E-state index in [4.69, 9.17) is 15.2 Å². The van der Waals surface area contributed by atoms with Gasteiger partial charge in [-0.3, -0.25) is 14.5 Å². The zero-order valence-electron chi connectivity index (χ0n) is 16.8. The fourth-order valence-electron chi connectivity index (χ4n) is 3.62. The van der Waals surface area contributed by atoms with Gasteiger partial charge in [0.05, 0.1) is 25.5 Å². The minimum Gasteiger partial charge on any atom is -0.493 e. The molecule has 0 aromatic heterocycles. The van der Waals surface area contributed by atoms with Crippen LogP contribution < -0.4 is 20.5 Å². The zero-order chi connectivity index (χ0) is 20.8. The van der Waals surface area contributed by atoms with Crippen molar-refractivity contribution in [3.63, 3.8) is 0 Å². The Balaban J connectivity index is 1.64. The van der Waals surface area contributed by atoms with Crippen LogP contribution in [0.1, 0.15) is 28.8 Å². The summed E-state index contributed by atoms with van der Waals surface area (Å²) in [5.74, 6) is -0.0622. The number of benzene rings is 2. The number of primary amides is 1. The van der Waals surface area contributed by atoms with Gasteiger partial charge in [-0.15, -0.1) is 0 Å². The first-order valence-corrected chi connectivity index (χ1v) is 9.64. The van der Waals surface area contributed by atoms with Crippen LogP contribution in [0.25, 0.3) is 0 Å². The maximum absolute atomic E-state index is 12.8. The highest BCUT2D eigenvalue weighted by molar-refractivity contribution is 6.04. The number of piperidine rings is 1. The number of anilines is 1. The van der Waals surface area contributed by atoms with E-state index in [-0.39, 0.29) is 17.4 Å². The van der Waals surface area contributed by atoms with Gasteiger partial charge in [-0.1, -0.05) is 30.3 Å². The standard InChI is InChI=1S/C22H27N3O4/c1-28-19-12-17(21(23)26)18(13-20(19)29-2)24-22(27)16-8-10-25(11-9-16)14-15-6-4-3-5-7-15/h3-7,12-13,16H,8-11,14H2,1-2H3,(H2,23,26)(H,24,27). The van der Waals surface area contributed by atoms with Gasteiger partial charge in [-0.2, -0.15) is 0 Å². The molecule has 2 aromatic rings. The molecule has 0 bridgehead atoms. The summed E-state index contributed by atoms with van der Waals surface area (Å²) in [6.45, 7) is 2.58. The lowest BCUT2D eigenvalue weighted by molar-refractivity contribution is -0.121. The number of likely N-dealkylation sites (tertiary alicyclic amines) is 1. The van der Waals surface area contributed by atoms with Crippen LogP contribution >= 0.6 is 0 Å². The summed E-state index contributed by atoms with van der Waals surface area (Å²) in [5.41, 5.74) is 7.28. The molecule has 1 aliphatic heterocycles. The number of rotatable bonds is 7. The molecule has 2 amide bonds. The summed E-state index contributed by atoms with van der Waals surface area (Å²) < 4.78 is 10.5. The molecule has 0 saturated carbocycles. The first kappa shape index (κ1) is 20.7. The molecule has 7 heteroatoms. The van der Waals surface area contributed by atoms with Crippen LogP contribution in [0.3, 0.4) is 0 Å². The van der Waals surface area contributed by atoms with Gasteiger partial charge in [-0.05, 0) is 37.6 Å². The Kier molecular flexibility index (Phi) is 6.72. The number of amides is 2. The molecule has 0 radical (unpaired) electrons. The van der Waals surface area contributed by atoms with Gasteiger partial charge in [-0.25, -0.2) is 0 Å². The molecule has 7 nitrogen and oxygen atoms in total. The van der Waals surface area contributed by atoms with E-state index in [1.54, 1.807) is 6.07 Å². The molecule has 154 valence electrons. The Morgan fingerprint density at radius 2 is 1.69 bits per heavy atom. The van der Waals surface area contributed by atoms with E-state index >= 15 is 0 Å². The van der Waals surface area contributed by atoms with E-state index in [0.29, 0.717) is 17.2 Å². The molecule has 3 rings (SSSR count). The van der Waals surface area contributed by atoms with Crippen molar-refractivity contribution in [2.45, 2.75) is 19.4 Å². The number of hydrogen-bond donors (Lipinski definition) is 2. The summed E-state index contributed by atoms with van der Waals surface area (Å²) >= 11 is 0. The lowest BCUT2D eigenvalue weighted by atomic mass is 9.95. The Labute approximate surface area is 170 Å². The van der Waals surface area contributed by atoms with Crippen molar-refractivity contribution >= 4 is 17.5 Å². The number of carbonyl (C=O) groups excluding carboxylic acids is 2. The SMILES string of the molecule is COc1cc(NC(=O)C2CCN(Cc3ccccc3)CC2)c(C(N)=O)cc1OC. The molecule has 0 atom stereocenters. The Bertz CT molecular complexity index is 862. The van der Waals surface area contributed by atoms with E-state index in [1.807, 2.05) is 18.2 Å². The average Bonchev–Trinajstić information content (AvgIpc) is 2.74. The number of ether oxygens (including phenoxy) is 2. The minimum absolute atomic E-state index is 0.112. The predicted molar refractivity (Wildman–Crippen MR) is 111 cm³/mol. The molecule has 1 heterocycles. The van der Waals surface area contributed by atoms with Crippen molar-refractivity contribution < 1.29 is 19.1 Å². The van der Waals surface area contributed by atoms with Crippen molar-refractivity contribution in [2.75, 3.05) is 32.6 Å². The molecule has 1 aliphatic rings. The van der Waals surface area contributed by atoms with Gasteiger partial charge < -0.3 is 20.5 Å². The summed E-state index contributed by atoms with van der Waals surface area (Å²) in [6, 6.07) is 13.4. The molecule has 0 spiro atoms. The van der Waals surface area contributed by atoms with Crippen molar-refractivity contribution in [1.29, 1.82) is 0 Å². The first-order chi connectivity index (χ1) is 14.0. The molecule has 3 N–H and O–H groups in total. The van der Waals surface area contributed by atoms with Gasteiger partial charge in [0.1, 0.15) is 0 Å². The largest absolute Gasteiger partial charge is 0.493 e. The van der Waals surface area contributed by atoms with Gasteiger partial charge >= 0.3 is 0 Å². The molecular formula is C22H27N3O4. The van der Waals surface area contributed by atoms with Crippen molar-refractivity contribution in [2.24, 2.45) is 11.7 Å². The van der Waals surface area contributed by atoms with Crippen molar-refractivity contribution in [3.05, 3.63) is 53.6 Å². The number of methoxy groups -OCH3 is 2. The molecule has 1 saturated heterocycles. The molecule has 1 fully saturated rings. The number of carbonyl (C=O) groups is 2. The second-order valence-corrected chi connectivity index (χ2v) is 7.14. The van der Waals surface area contributed by atoms with Crippen molar-refractivity contribution in [3.8, 4) is 11.5 Å². The van der Waals surface area contributed by atoms with Gasteiger partial charge in [0, 0.05) is 18.5 Å². The highest BCUT2D eigenvalue weighted by Gasteiger charge is 2.26. The molecule has 0 aliphatic carbocycles. The third kappa shape index (κ3) is 5.06. The quantitative estimate of drug-likeness (QED) is 0.749. The average molecular weight is 397 g/mol. The van der Waals surface area contributed by atoms with E-state index in [0.717, 1.165) is 32.5 Å². The van der Waals surface area contributed by atoms with Crippen LogP contribution in [0.4, 0.5) is 5.69 Å². The second kappa shape index (κ2) is 9.43. The second-order valence-electron chi connectivity index (χ2n) is 7.14. The third-order valence-corrected chi connectivity index (χ3v) is 5.25. The van der Waals surface area contributed by atoms with Crippen LogP contribution in [-0.4, -0.2) is 44.0 Å². The number of nitrogens with zero attached hydrogens (tertiary/aromatic N) is 1. The van der Waals surface area contributed by atoms with Crippen molar-refractivity contribution in [1.82, 2.24) is 4.90 Å². The predicted octanol–water partition coefficient (Wildman–Crippen LogP) is 2.65. The van der Waals surface area contributed by atoms with Crippen LogP contribution in [0.5, 0.6) is 11.5 Å². The summed E-state index contributed by atoms with van der Waals surface area (Å²) in [5, 5.41) is 2.86. The van der Waals surface area contributed by atoms with E-state index in [9.17, 15) is 9.59 Å². The monoisotopic (exact) mass is 397 g/mol. The summed E-state index contributed by atoms with van der Waals surface area (Å²) in [6.07, 6.45) is 1.52. The Hall–Kier alpha value is -3.06. The van der Waals surface area contributed by atoms with Gasteiger partial charge in [0.25, 0.3) is 5.91 Å². The van der Waals surface area contributed by atoms with E-state index in [1.165, 1.54) is 25.8 Å². The normalized spacial score (nSPS) is 15.0. The fraction of sp³-hybridized carbons (Fsp3) is 0.364. The smallest absolute Gasteiger partial charge is 0.250 e. The molecule has 2 aromatic carbocycles. The maximum atomic E-state index is 12.8. The zero-order valence-corrected chi connectivity index (χ0v) is 16.8. The van der Waals surface area contributed by atoms with E-state index < -0.39 is 5.91 Å². The molecule has 0 unspecified atom stereocenters. The molecule has 29 heavy (non-hydrogen) atoms. The van der Waals surface area contributed by atoms with Crippen LogP contribution in [0, 0.1) is 5.92 Å². The fourth-order valence-corrected chi connectivity index (χ4v) is 3.62. The summed E-state index contributed by atoms with van der Waals surface area (Å²) in [4.78, 5) is 27.0. The first-order valence-electron chi connectivity index (χ1n) is 9.64. The Morgan fingerprint density at radius 3 is 2.28 bits per heavy atom. The summed E-state index contributed by atoms with van der Waals surface area (Å²) in [7, 11) is 2.97. The maximum Gasteiger partial charge on any atom is 0.250 e. The Morgan fingerprint density at radius 1 is 1.07 bits per heavy atom.